The Morgan fingerprint density at radius 3 is 2.80 bits per heavy atom. The average Bonchev–Trinajstić information content (AvgIpc) is 2.54. The third-order valence-corrected chi connectivity index (χ3v) is 4.56. The molecule has 0 saturated carbocycles. The summed E-state index contributed by atoms with van der Waals surface area (Å²) in [5.74, 6) is 0.697. The number of para-hydroxylation sites is 1. The molecule has 4 nitrogen and oxygen atoms in total. The Bertz CT molecular complexity index is 481. The van der Waals surface area contributed by atoms with E-state index >= 15 is 0 Å². The number of hydrogen-bond donors (Lipinski definition) is 2. The molecule has 0 radical (unpaired) electrons. The molecule has 1 aromatic carbocycles. The summed E-state index contributed by atoms with van der Waals surface area (Å²) in [7, 11) is 0. The fraction of sp³-hybridized carbons (Fsp3) is 0.562. The molecule has 2 N–H and O–H groups in total. The van der Waals surface area contributed by atoms with Crippen molar-refractivity contribution in [3.63, 3.8) is 0 Å². The zero-order valence-corrected chi connectivity index (χ0v) is 11.7. The fourth-order valence-corrected chi connectivity index (χ4v) is 3.21. The Hall–Kier alpha value is -1.55. The molecule has 1 fully saturated rings. The van der Waals surface area contributed by atoms with Crippen LogP contribution in [0.1, 0.15) is 18.4 Å². The van der Waals surface area contributed by atoms with Crippen LogP contribution in [0.3, 0.4) is 0 Å². The molecule has 108 valence electrons. The van der Waals surface area contributed by atoms with Gasteiger partial charge in [-0.25, -0.2) is 0 Å². The number of carbonyl (C=O) groups excluding carboxylic acids is 1. The zero-order chi connectivity index (χ0) is 13.9. The second kappa shape index (κ2) is 5.83. The van der Waals surface area contributed by atoms with Crippen LogP contribution in [-0.4, -0.2) is 42.2 Å². The number of hydrogen-bond acceptors (Lipinski definition) is 3. The fourth-order valence-electron chi connectivity index (χ4n) is 3.21. The third-order valence-electron chi connectivity index (χ3n) is 4.56. The molecule has 3 rings (SSSR count). The Kier molecular flexibility index (Phi) is 3.92. The van der Waals surface area contributed by atoms with Gasteiger partial charge in [-0.2, -0.15) is 0 Å². The standard InChI is InChI=1S/C16H22N2O2/c19-11-12-5-7-18(8-6-12)16(20)14-9-13-3-1-2-4-15(13)17-10-14/h1-4,12,14,17,19H,5-11H2. The van der Waals surface area contributed by atoms with Gasteiger partial charge in [0, 0.05) is 31.9 Å². The van der Waals surface area contributed by atoms with Crippen LogP contribution in [0.4, 0.5) is 5.69 Å². The average molecular weight is 274 g/mol. The molecule has 0 bridgehead atoms. The van der Waals surface area contributed by atoms with Crippen LogP contribution in [0.5, 0.6) is 0 Å². The van der Waals surface area contributed by atoms with Crippen molar-refractivity contribution in [1.82, 2.24) is 4.90 Å². The SMILES string of the molecule is O=C(C1CNc2ccccc2C1)N1CCC(CO)CC1. The van der Waals surface area contributed by atoms with Crippen molar-refractivity contribution in [2.24, 2.45) is 11.8 Å². The largest absolute Gasteiger partial charge is 0.396 e. The van der Waals surface area contributed by atoms with Crippen LogP contribution < -0.4 is 5.32 Å². The van der Waals surface area contributed by atoms with Gasteiger partial charge in [-0.05, 0) is 36.8 Å². The first-order chi connectivity index (χ1) is 9.78. The first kappa shape index (κ1) is 13.4. The van der Waals surface area contributed by atoms with E-state index in [9.17, 15) is 4.79 Å². The second-order valence-electron chi connectivity index (χ2n) is 5.89. The van der Waals surface area contributed by atoms with Crippen molar-refractivity contribution in [3.8, 4) is 0 Å². The molecule has 2 heterocycles. The van der Waals surface area contributed by atoms with Crippen LogP contribution in [0.25, 0.3) is 0 Å². The Morgan fingerprint density at radius 2 is 2.05 bits per heavy atom. The highest BCUT2D eigenvalue weighted by molar-refractivity contribution is 5.81. The monoisotopic (exact) mass is 274 g/mol. The van der Waals surface area contributed by atoms with E-state index < -0.39 is 0 Å². The maximum atomic E-state index is 12.6. The lowest BCUT2D eigenvalue weighted by Gasteiger charge is -2.35. The summed E-state index contributed by atoms with van der Waals surface area (Å²) in [5.41, 5.74) is 2.40. The summed E-state index contributed by atoms with van der Waals surface area (Å²) < 4.78 is 0. The van der Waals surface area contributed by atoms with Crippen molar-refractivity contribution in [1.29, 1.82) is 0 Å². The predicted molar refractivity (Wildman–Crippen MR) is 78.5 cm³/mol. The minimum atomic E-state index is 0.0515. The van der Waals surface area contributed by atoms with Gasteiger partial charge in [0.05, 0.1) is 5.92 Å². The maximum Gasteiger partial charge on any atom is 0.227 e. The highest BCUT2D eigenvalue weighted by Crippen LogP contribution is 2.26. The normalized spacial score (nSPS) is 23.1. The summed E-state index contributed by atoms with van der Waals surface area (Å²) in [4.78, 5) is 14.6. The molecule has 1 atom stereocenters. The molecule has 0 aromatic heterocycles. The van der Waals surface area contributed by atoms with E-state index in [0.717, 1.165) is 44.6 Å². The molecule has 1 aromatic rings. The Labute approximate surface area is 119 Å². The van der Waals surface area contributed by atoms with Crippen molar-refractivity contribution < 1.29 is 9.90 Å². The minimum absolute atomic E-state index is 0.0515. The smallest absolute Gasteiger partial charge is 0.227 e. The molecule has 1 amide bonds. The molecule has 20 heavy (non-hydrogen) atoms. The van der Waals surface area contributed by atoms with Gasteiger partial charge in [-0.15, -0.1) is 0 Å². The molecule has 2 aliphatic rings. The van der Waals surface area contributed by atoms with Crippen molar-refractivity contribution in [2.75, 3.05) is 31.6 Å². The van der Waals surface area contributed by atoms with Crippen LogP contribution in [-0.2, 0) is 11.2 Å². The van der Waals surface area contributed by atoms with E-state index in [2.05, 4.69) is 17.4 Å². The molecule has 1 unspecified atom stereocenters. The minimum Gasteiger partial charge on any atom is -0.396 e. The van der Waals surface area contributed by atoms with Crippen LogP contribution >= 0.6 is 0 Å². The van der Waals surface area contributed by atoms with Gasteiger partial charge in [0.15, 0.2) is 0 Å². The van der Waals surface area contributed by atoms with Crippen LogP contribution in [0, 0.1) is 11.8 Å². The lowest BCUT2D eigenvalue weighted by molar-refractivity contribution is -0.136. The number of piperidine rings is 1. The van der Waals surface area contributed by atoms with E-state index in [1.165, 1.54) is 5.56 Å². The number of rotatable bonds is 2. The number of aliphatic hydroxyl groups excluding tert-OH is 1. The highest BCUT2D eigenvalue weighted by Gasteiger charge is 2.30. The lowest BCUT2D eigenvalue weighted by atomic mass is 9.91. The number of fused-ring (bicyclic) bond motifs is 1. The van der Waals surface area contributed by atoms with Gasteiger partial charge in [-0.3, -0.25) is 4.79 Å². The zero-order valence-electron chi connectivity index (χ0n) is 11.7. The molecular weight excluding hydrogens is 252 g/mol. The number of anilines is 1. The number of nitrogens with zero attached hydrogens (tertiary/aromatic N) is 1. The summed E-state index contributed by atoms with van der Waals surface area (Å²) in [6.07, 6.45) is 2.69. The Morgan fingerprint density at radius 1 is 1.30 bits per heavy atom. The molecule has 0 aliphatic carbocycles. The second-order valence-corrected chi connectivity index (χ2v) is 5.89. The van der Waals surface area contributed by atoms with Gasteiger partial charge in [0.25, 0.3) is 0 Å². The third kappa shape index (κ3) is 2.66. The summed E-state index contributed by atoms with van der Waals surface area (Å²) in [6.45, 7) is 2.57. The number of aliphatic hydroxyl groups is 1. The number of nitrogens with one attached hydrogen (secondary N) is 1. The maximum absolute atomic E-state index is 12.6. The van der Waals surface area contributed by atoms with Crippen molar-refractivity contribution >= 4 is 11.6 Å². The van der Waals surface area contributed by atoms with E-state index in [-0.39, 0.29) is 18.4 Å². The molecular formula is C16H22N2O2. The van der Waals surface area contributed by atoms with Gasteiger partial charge in [0.2, 0.25) is 5.91 Å². The highest BCUT2D eigenvalue weighted by atomic mass is 16.3. The van der Waals surface area contributed by atoms with Gasteiger partial charge < -0.3 is 15.3 Å². The van der Waals surface area contributed by atoms with Crippen LogP contribution in [0.15, 0.2) is 24.3 Å². The molecule has 1 saturated heterocycles. The molecule has 2 aliphatic heterocycles. The van der Waals surface area contributed by atoms with Crippen molar-refractivity contribution in [2.45, 2.75) is 19.3 Å². The van der Waals surface area contributed by atoms with E-state index in [1.807, 2.05) is 17.0 Å². The summed E-state index contributed by atoms with van der Waals surface area (Å²) in [5, 5.41) is 12.5. The van der Waals surface area contributed by atoms with Gasteiger partial charge in [0.1, 0.15) is 0 Å². The number of likely N-dealkylation sites (tertiary alicyclic amines) is 1. The van der Waals surface area contributed by atoms with E-state index in [4.69, 9.17) is 5.11 Å². The quantitative estimate of drug-likeness (QED) is 0.859. The first-order valence-electron chi connectivity index (χ1n) is 7.49. The van der Waals surface area contributed by atoms with Crippen LogP contribution in [0.2, 0.25) is 0 Å². The number of benzene rings is 1. The predicted octanol–water partition coefficient (Wildman–Crippen LogP) is 1.50. The topological polar surface area (TPSA) is 52.6 Å². The Balaban J connectivity index is 1.62. The molecule has 0 spiro atoms. The number of carbonyl (C=O) groups is 1. The van der Waals surface area contributed by atoms with Gasteiger partial charge in [-0.1, -0.05) is 18.2 Å². The molecule has 4 heteroatoms. The van der Waals surface area contributed by atoms with E-state index in [1.54, 1.807) is 0 Å². The lowest BCUT2D eigenvalue weighted by Crippen LogP contribution is -2.45. The summed E-state index contributed by atoms with van der Waals surface area (Å²) in [6, 6.07) is 8.22. The number of amides is 1. The van der Waals surface area contributed by atoms with Gasteiger partial charge >= 0.3 is 0 Å². The van der Waals surface area contributed by atoms with E-state index in [0.29, 0.717) is 5.92 Å². The summed E-state index contributed by atoms with van der Waals surface area (Å²) >= 11 is 0. The van der Waals surface area contributed by atoms with Crippen molar-refractivity contribution in [3.05, 3.63) is 29.8 Å². The first-order valence-corrected chi connectivity index (χ1v) is 7.49.